The third kappa shape index (κ3) is 6.17. The fraction of sp³-hybridized carbons (Fsp3) is 0.360. The van der Waals surface area contributed by atoms with Crippen LogP contribution in [0.5, 0.6) is 0 Å². The van der Waals surface area contributed by atoms with Gasteiger partial charge in [0, 0.05) is 22.3 Å². The molecule has 0 atom stereocenters. The van der Waals surface area contributed by atoms with Crippen LogP contribution in [0.4, 0.5) is 5.69 Å². The minimum absolute atomic E-state index is 0.0411. The summed E-state index contributed by atoms with van der Waals surface area (Å²) in [6, 6.07) is 15.2. The normalized spacial score (nSPS) is 17.8. The van der Waals surface area contributed by atoms with Gasteiger partial charge in [-0.3, -0.25) is 9.59 Å². The third-order valence-corrected chi connectivity index (χ3v) is 8.13. The van der Waals surface area contributed by atoms with Gasteiger partial charge in [-0.25, -0.2) is 0 Å². The number of rotatable bonds is 7. The van der Waals surface area contributed by atoms with Crippen LogP contribution in [0, 0.1) is 0 Å². The smallest absolute Gasteiger partial charge is 0.262 e. The summed E-state index contributed by atoms with van der Waals surface area (Å²) in [5.74, 6) is 0.970. The molecular formula is C25H28N2O2S2. The van der Waals surface area contributed by atoms with Gasteiger partial charge in [-0.15, -0.1) is 0 Å². The van der Waals surface area contributed by atoms with Crippen LogP contribution in [0.25, 0.3) is 6.08 Å². The summed E-state index contributed by atoms with van der Waals surface area (Å²) in [6.07, 6.45) is 9.71. The van der Waals surface area contributed by atoms with E-state index in [0.717, 1.165) is 33.6 Å². The quantitative estimate of drug-likeness (QED) is 0.402. The number of anilines is 1. The van der Waals surface area contributed by atoms with Gasteiger partial charge < -0.3 is 10.6 Å². The Kier molecular flexibility index (Phi) is 7.76. The van der Waals surface area contributed by atoms with Crippen molar-refractivity contribution in [2.45, 2.75) is 48.7 Å². The summed E-state index contributed by atoms with van der Waals surface area (Å²) >= 11 is 3.53. The van der Waals surface area contributed by atoms with Gasteiger partial charge in [0.25, 0.3) is 11.8 Å². The number of fused-ring (bicyclic) bond motifs is 1. The molecule has 0 aromatic heterocycles. The highest BCUT2D eigenvalue weighted by Gasteiger charge is 2.20. The van der Waals surface area contributed by atoms with Crippen LogP contribution >= 0.6 is 23.5 Å². The van der Waals surface area contributed by atoms with E-state index in [1.54, 1.807) is 0 Å². The molecule has 31 heavy (non-hydrogen) atoms. The summed E-state index contributed by atoms with van der Waals surface area (Å²) in [5.41, 5.74) is 2.39. The molecule has 6 heteroatoms. The predicted molar refractivity (Wildman–Crippen MR) is 132 cm³/mol. The number of carbonyl (C=O) groups excluding carboxylic acids is 2. The van der Waals surface area contributed by atoms with E-state index >= 15 is 0 Å². The zero-order chi connectivity index (χ0) is 21.5. The van der Waals surface area contributed by atoms with Crippen LogP contribution in [-0.2, 0) is 4.79 Å². The zero-order valence-corrected chi connectivity index (χ0v) is 19.2. The van der Waals surface area contributed by atoms with E-state index in [4.69, 9.17) is 0 Å². The van der Waals surface area contributed by atoms with E-state index in [9.17, 15) is 9.59 Å². The molecule has 0 unspecified atom stereocenters. The lowest BCUT2D eigenvalue weighted by Crippen LogP contribution is -2.25. The van der Waals surface area contributed by atoms with Crippen LogP contribution < -0.4 is 10.6 Å². The second kappa shape index (κ2) is 10.9. The van der Waals surface area contributed by atoms with Gasteiger partial charge in [-0.05, 0) is 60.9 Å². The lowest BCUT2D eigenvalue weighted by molar-refractivity contribution is -0.112. The van der Waals surface area contributed by atoms with E-state index in [1.807, 2.05) is 54.6 Å². The summed E-state index contributed by atoms with van der Waals surface area (Å²) in [6.45, 7) is 0.709. The van der Waals surface area contributed by atoms with Gasteiger partial charge in [0.15, 0.2) is 0 Å². The molecule has 2 N–H and O–H groups in total. The Hall–Kier alpha value is -2.18. The molecule has 0 saturated heterocycles. The minimum Gasteiger partial charge on any atom is -0.352 e. The first-order valence-electron chi connectivity index (χ1n) is 11.0. The molecule has 0 radical (unpaired) electrons. The molecule has 1 aliphatic heterocycles. The highest BCUT2D eigenvalue weighted by Crippen LogP contribution is 2.38. The molecule has 1 aliphatic carbocycles. The van der Waals surface area contributed by atoms with Crippen molar-refractivity contribution in [3.8, 4) is 0 Å². The maximum atomic E-state index is 12.4. The molecular weight excluding hydrogens is 424 g/mol. The fourth-order valence-corrected chi connectivity index (χ4v) is 6.10. The van der Waals surface area contributed by atoms with Gasteiger partial charge in [-0.1, -0.05) is 55.3 Å². The number of hydrogen-bond donors (Lipinski definition) is 2. The molecule has 4 nitrogen and oxygen atoms in total. The number of nitrogens with one attached hydrogen (secondary N) is 2. The van der Waals surface area contributed by atoms with E-state index in [2.05, 4.69) is 22.4 Å². The van der Waals surface area contributed by atoms with Gasteiger partial charge in [-0.2, -0.15) is 11.8 Å². The summed E-state index contributed by atoms with van der Waals surface area (Å²) in [7, 11) is 0. The SMILES string of the molecule is O=C1Nc2ccccc2SC1=Cc1ccc(C(=O)NCCCSC2CCCCC2)cc1. The van der Waals surface area contributed by atoms with Crippen LogP contribution in [0.1, 0.15) is 54.4 Å². The van der Waals surface area contributed by atoms with Crippen LogP contribution in [0.3, 0.4) is 0 Å². The Morgan fingerprint density at radius 1 is 1.10 bits per heavy atom. The highest BCUT2D eigenvalue weighted by atomic mass is 32.2. The van der Waals surface area contributed by atoms with E-state index in [-0.39, 0.29) is 11.8 Å². The van der Waals surface area contributed by atoms with E-state index in [1.165, 1.54) is 43.9 Å². The largest absolute Gasteiger partial charge is 0.352 e. The average Bonchev–Trinajstić information content (AvgIpc) is 2.80. The van der Waals surface area contributed by atoms with Gasteiger partial charge in [0.1, 0.15) is 0 Å². The van der Waals surface area contributed by atoms with Crippen molar-refractivity contribution in [2.24, 2.45) is 0 Å². The Bertz CT molecular complexity index is 950. The summed E-state index contributed by atoms with van der Waals surface area (Å²) < 4.78 is 0. The van der Waals surface area contributed by atoms with Crippen LogP contribution in [-0.4, -0.2) is 29.4 Å². The van der Waals surface area contributed by atoms with Crippen molar-refractivity contribution < 1.29 is 9.59 Å². The lowest BCUT2D eigenvalue weighted by atomic mass is 10.0. The molecule has 1 heterocycles. The molecule has 2 aliphatic rings. The number of para-hydroxylation sites is 1. The lowest BCUT2D eigenvalue weighted by Gasteiger charge is -2.20. The van der Waals surface area contributed by atoms with Crippen molar-refractivity contribution in [3.63, 3.8) is 0 Å². The first kappa shape index (κ1) is 22.0. The van der Waals surface area contributed by atoms with Crippen molar-refractivity contribution >= 4 is 47.1 Å². The molecule has 162 valence electrons. The standard InChI is InChI=1S/C25H28N2O2S2/c28-24(26-15-6-16-30-20-7-2-1-3-8-20)19-13-11-18(12-14-19)17-23-25(29)27-21-9-4-5-10-22(21)31-23/h4-5,9-14,17,20H,1-3,6-8,15-16H2,(H,26,28)(H,27,29). The number of amides is 2. The second-order valence-electron chi connectivity index (χ2n) is 7.92. The van der Waals surface area contributed by atoms with Gasteiger partial charge >= 0.3 is 0 Å². The third-order valence-electron chi connectivity index (χ3n) is 5.56. The van der Waals surface area contributed by atoms with Gasteiger partial charge in [0.2, 0.25) is 0 Å². The first-order valence-corrected chi connectivity index (χ1v) is 12.9. The second-order valence-corrected chi connectivity index (χ2v) is 10.4. The highest BCUT2D eigenvalue weighted by molar-refractivity contribution is 8.04. The minimum atomic E-state index is -0.100. The Balaban J connectivity index is 1.25. The van der Waals surface area contributed by atoms with Crippen LogP contribution in [0.2, 0.25) is 0 Å². The Morgan fingerprint density at radius 2 is 1.87 bits per heavy atom. The molecule has 2 amide bonds. The Labute approximate surface area is 192 Å². The number of benzene rings is 2. The maximum absolute atomic E-state index is 12.4. The molecule has 1 fully saturated rings. The average molecular weight is 453 g/mol. The molecule has 2 aromatic rings. The van der Waals surface area contributed by atoms with Gasteiger partial charge in [0.05, 0.1) is 10.6 Å². The molecule has 2 aromatic carbocycles. The van der Waals surface area contributed by atoms with Crippen LogP contribution in [0.15, 0.2) is 58.3 Å². The van der Waals surface area contributed by atoms with Crippen molar-refractivity contribution in [2.75, 3.05) is 17.6 Å². The van der Waals surface area contributed by atoms with Crippen molar-refractivity contribution in [1.82, 2.24) is 5.32 Å². The van der Waals surface area contributed by atoms with Crippen molar-refractivity contribution in [1.29, 1.82) is 0 Å². The molecule has 1 saturated carbocycles. The topological polar surface area (TPSA) is 58.2 Å². The van der Waals surface area contributed by atoms with Crippen molar-refractivity contribution in [3.05, 3.63) is 64.6 Å². The fourth-order valence-electron chi connectivity index (χ4n) is 3.84. The monoisotopic (exact) mass is 452 g/mol. The molecule has 0 spiro atoms. The predicted octanol–water partition coefficient (Wildman–Crippen LogP) is 5.96. The first-order chi connectivity index (χ1) is 15.2. The maximum Gasteiger partial charge on any atom is 0.262 e. The van der Waals surface area contributed by atoms with E-state index in [0.29, 0.717) is 17.0 Å². The zero-order valence-electron chi connectivity index (χ0n) is 17.6. The molecule has 4 rings (SSSR count). The number of thioether (sulfide) groups is 2. The molecule has 0 bridgehead atoms. The number of hydrogen-bond acceptors (Lipinski definition) is 4. The Morgan fingerprint density at radius 3 is 2.68 bits per heavy atom. The van der Waals surface area contributed by atoms with E-state index < -0.39 is 0 Å². The summed E-state index contributed by atoms with van der Waals surface area (Å²) in [5, 5.41) is 6.76. The number of carbonyl (C=O) groups is 2. The summed E-state index contributed by atoms with van der Waals surface area (Å²) in [4.78, 5) is 26.4.